The third-order valence-electron chi connectivity index (χ3n) is 2.38. The molecule has 0 bridgehead atoms. The Hall–Kier alpha value is -1.91. The Balaban J connectivity index is 2.85. The number of hydrogen-bond donors (Lipinski definition) is 1. The largest absolute Gasteiger partial charge is 0.361 e. The van der Waals surface area contributed by atoms with E-state index in [9.17, 15) is 14.5 Å². The molecule has 0 aliphatic carbocycles. The highest BCUT2D eigenvalue weighted by Crippen LogP contribution is 2.29. The van der Waals surface area contributed by atoms with Gasteiger partial charge in [0.25, 0.3) is 5.69 Å². The van der Waals surface area contributed by atoms with E-state index in [2.05, 4.69) is 4.98 Å². The molecule has 78 valence electrons. The molecule has 0 unspecified atom stereocenters. The van der Waals surface area contributed by atoms with E-state index in [0.29, 0.717) is 17.3 Å². The van der Waals surface area contributed by atoms with Crippen LogP contribution >= 0.6 is 0 Å². The van der Waals surface area contributed by atoms with Gasteiger partial charge in [0, 0.05) is 6.20 Å². The van der Waals surface area contributed by atoms with Crippen molar-refractivity contribution in [1.82, 2.24) is 4.98 Å². The van der Waals surface area contributed by atoms with Crippen molar-refractivity contribution in [1.29, 1.82) is 0 Å². The maximum Gasteiger partial charge on any atom is 0.281 e. The standard InChI is InChI=1S/C10H9FN2O2/c1-2-6-5-12-8-3-7(11)4-9(10(6)8)13(14)15/h3-5,12H,2H2,1H3. The van der Waals surface area contributed by atoms with Gasteiger partial charge < -0.3 is 4.98 Å². The molecule has 0 aliphatic rings. The van der Waals surface area contributed by atoms with Gasteiger partial charge in [-0.3, -0.25) is 10.1 Å². The lowest BCUT2D eigenvalue weighted by Gasteiger charge is -1.97. The summed E-state index contributed by atoms with van der Waals surface area (Å²) in [5, 5.41) is 11.3. The maximum atomic E-state index is 13.0. The zero-order valence-electron chi connectivity index (χ0n) is 8.08. The van der Waals surface area contributed by atoms with Gasteiger partial charge in [-0.2, -0.15) is 0 Å². The zero-order chi connectivity index (χ0) is 11.0. The summed E-state index contributed by atoms with van der Waals surface area (Å²) in [5.74, 6) is -0.598. The Morgan fingerprint density at radius 3 is 2.87 bits per heavy atom. The third kappa shape index (κ3) is 1.45. The minimum Gasteiger partial charge on any atom is -0.361 e. The van der Waals surface area contributed by atoms with E-state index in [4.69, 9.17) is 0 Å². The van der Waals surface area contributed by atoms with Crippen molar-refractivity contribution >= 4 is 16.6 Å². The topological polar surface area (TPSA) is 58.9 Å². The highest BCUT2D eigenvalue weighted by molar-refractivity contribution is 5.91. The first-order valence-electron chi connectivity index (χ1n) is 4.57. The van der Waals surface area contributed by atoms with Crippen LogP contribution < -0.4 is 0 Å². The number of halogens is 1. The molecule has 0 saturated heterocycles. The number of aryl methyl sites for hydroxylation is 1. The lowest BCUT2D eigenvalue weighted by atomic mass is 10.1. The highest BCUT2D eigenvalue weighted by Gasteiger charge is 2.17. The van der Waals surface area contributed by atoms with Gasteiger partial charge in [0.15, 0.2) is 0 Å². The Morgan fingerprint density at radius 1 is 1.53 bits per heavy atom. The Morgan fingerprint density at radius 2 is 2.27 bits per heavy atom. The molecule has 1 aromatic heterocycles. The van der Waals surface area contributed by atoms with Gasteiger partial charge in [0.1, 0.15) is 5.82 Å². The maximum absolute atomic E-state index is 13.0. The van der Waals surface area contributed by atoms with Gasteiger partial charge >= 0.3 is 0 Å². The van der Waals surface area contributed by atoms with Crippen molar-refractivity contribution in [3.63, 3.8) is 0 Å². The zero-order valence-corrected chi connectivity index (χ0v) is 8.08. The molecular weight excluding hydrogens is 199 g/mol. The van der Waals surface area contributed by atoms with Crippen LogP contribution in [0.1, 0.15) is 12.5 Å². The second-order valence-corrected chi connectivity index (χ2v) is 3.27. The number of aromatic nitrogens is 1. The number of non-ortho nitro benzene ring substituents is 1. The minimum absolute atomic E-state index is 0.178. The van der Waals surface area contributed by atoms with Crippen LogP contribution in [0.4, 0.5) is 10.1 Å². The number of rotatable bonds is 2. The molecule has 2 aromatic rings. The molecule has 15 heavy (non-hydrogen) atoms. The quantitative estimate of drug-likeness (QED) is 0.609. The van der Waals surface area contributed by atoms with Crippen LogP contribution in [-0.4, -0.2) is 9.91 Å². The number of benzene rings is 1. The van der Waals surface area contributed by atoms with E-state index in [1.807, 2.05) is 6.92 Å². The summed E-state index contributed by atoms with van der Waals surface area (Å²) in [6, 6.07) is 2.22. The van der Waals surface area contributed by atoms with Gasteiger partial charge in [-0.25, -0.2) is 4.39 Å². The smallest absolute Gasteiger partial charge is 0.281 e. The average Bonchev–Trinajstić information content (AvgIpc) is 2.58. The predicted molar refractivity (Wildman–Crippen MR) is 54.3 cm³/mol. The summed E-state index contributed by atoms with van der Waals surface area (Å²) in [7, 11) is 0. The van der Waals surface area contributed by atoms with Gasteiger partial charge in [-0.15, -0.1) is 0 Å². The van der Waals surface area contributed by atoms with Crippen LogP contribution in [0.3, 0.4) is 0 Å². The van der Waals surface area contributed by atoms with Crippen molar-refractivity contribution in [2.75, 3.05) is 0 Å². The molecule has 0 saturated carbocycles. The number of nitro benzene ring substituents is 1. The van der Waals surface area contributed by atoms with Crippen LogP contribution in [-0.2, 0) is 6.42 Å². The molecule has 0 spiro atoms. The number of nitro groups is 1. The number of aromatic amines is 1. The molecule has 0 atom stereocenters. The van der Waals surface area contributed by atoms with E-state index in [1.54, 1.807) is 6.20 Å². The van der Waals surface area contributed by atoms with E-state index in [-0.39, 0.29) is 5.69 Å². The SMILES string of the molecule is CCc1c[nH]c2cc(F)cc([N+](=O)[O-])c12. The average molecular weight is 208 g/mol. The molecule has 1 aromatic carbocycles. The molecule has 2 rings (SSSR count). The van der Waals surface area contributed by atoms with Crippen LogP contribution in [0, 0.1) is 15.9 Å². The number of hydrogen-bond acceptors (Lipinski definition) is 2. The Labute approximate surface area is 84.9 Å². The summed E-state index contributed by atoms with van der Waals surface area (Å²) in [4.78, 5) is 13.0. The number of nitrogens with zero attached hydrogens (tertiary/aromatic N) is 1. The van der Waals surface area contributed by atoms with Gasteiger partial charge in [0.2, 0.25) is 0 Å². The molecule has 4 nitrogen and oxygen atoms in total. The van der Waals surface area contributed by atoms with Crippen molar-refractivity contribution in [3.05, 3.63) is 39.8 Å². The summed E-state index contributed by atoms with van der Waals surface area (Å²) < 4.78 is 13.0. The second-order valence-electron chi connectivity index (χ2n) is 3.27. The first-order valence-corrected chi connectivity index (χ1v) is 4.57. The summed E-state index contributed by atoms with van der Waals surface area (Å²) in [6.45, 7) is 1.90. The van der Waals surface area contributed by atoms with Crippen LogP contribution in [0.5, 0.6) is 0 Å². The fourth-order valence-electron chi connectivity index (χ4n) is 1.70. The predicted octanol–water partition coefficient (Wildman–Crippen LogP) is 2.78. The molecule has 5 heteroatoms. The molecule has 0 aliphatic heterocycles. The lowest BCUT2D eigenvalue weighted by Crippen LogP contribution is -1.91. The highest BCUT2D eigenvalue weighted by atomic mass is 19.1. The van der Waals surface area contributed by atoms with Crippen molar-refractivity contribution in [2.45, 2.75) is 13.3 Å². The van der Waals surface area contributed by atoms with Crippen molar-refractivity contribution < 1.29 is 9.31 Å². The first kappa shape index (κ1) is 9.64. The monoisotopic (exact) mass is 208 g/mol. The summed E-state index contributed by atoms with van der Waals surface area (Å²) in [5.41, 5.74) is 1.12. The van der Waals surface area contributed by atoms with E-state index in [1.165, 1.54) is 6.07 Å². The minimum atomic E-state index is -0.598. The van der Waals surface area contributed by atoms with Crippen molar-refractivity contribution in [2.24, 2.45) is 0 Å². The Kier molecular flexibility index (Phi) is 2.15. The van der Waals surface area contributed by atoms with Crippen LogP contribution in [0.15, 0.2) is 18.3 Å². The van der Waals surface area contributed by atoms with Crippen LogP contribution in [0.25, 0.3) is 10.9 Å². The third-order valence-corrected chi connectivity index (χ3v) is 2.38. The number of H-pyrrole nitrogens is 1. The first-order chi connectivity index (χ1) is 7.13. The van der Waals surface area contributed by atoms with Crippen LogP contribution in [0.2, 0.25) is 0 Å². The molecule has 1 N–H and O–H groups in total. The normalized spacial score (nSPS) is 10.8. The fraction of sp³-hybridized carbons (Fsp3) is 0.200. The summed E-state index contributed by atoms with van der Waals surface area (Å²) in [6.07, 6.45) is 2.35. The lowest BCUT2D eigenvalue weighted by molar-refractivity contribution is -0.383. The summed E-state index contributed by atoms with van der Waals surface area (Å²) >= 11 is 0. The van der Waals surface area contributed by atoms with Crippen molar-refractivity contribution in [3.8, 4) is 0 Å². The number of nitrogens with one attached hydrogen (secondary N) is 1. The Bertz CT molecular complexity index is 533. The molecule has 1 heterocycles. The molecular formula is C10H9FN2O2. The van der Waals surface area contributed by atoms with Gasteiger partial charge in [0.05, 0.1) is 21.9 Å². The molecule has 0 radical (unpaired) electrons. The molecule has 0 amide bonds. The van der Waals surface area contributed by atoms with E-state index >= 15 is 0 Å². The second kappa shape index (κ2) is 3.34. The van der Waals surface area contributed by atoms with Gasteiger partial charge in [-0.05, 0) is 18.1 Å². The van der Waals surface area contributed by atoms with Gasteiger partial charge in [-0.1, -0.05) is 6.92 Å². The number of fused-ring (bicyclic) bond motifs is 1. The van der Waals surface area contributed by atoms with E-state index in [0.717, 1.165) is 11.6 Å². The van der Waals surface area contributed by atoms with E-state index < -0.39 is 10.7 Å². The molecule has 0 fully saturated rings. The fourth-order valence-corrected chi connectivity index (χ4v) is 1.70.